The van der Waals surface area contributed by atoms with Crippen LogP contribution in [0.5, 0.6) is 0 Å². The lowest BCUT2D eigenvalue weighted by atomic mass is 10.1. The Morgan fingerprint density at radius 2 is 1.83 bits per heavy atom. The van der Waals surface area contributed by atoms with E-state index in [1.807, 2.05) is 24.0 Å². The minimum atomic E-state index is -0.304. The van der Waals surface area contributed by atoms with Gasteiger partial charge in [-0.25, -0.2) is 0 Å². The van der Waals surface area contributed by atoms with Gasteiger partial charge in [0.1, 0.15) is 5.69 Å². The molecule has 5 nitrogen and oxygen atoms in total. The Hall–Kier alpha value is -2.04. The van der Waals surface area contributed by atoms with Crippen molar-refractivity contribution in [3.63, 3.8) is 0 Å². The van der Waals surface area contributed by atoms with E-state index in [1.165, 1.54) is 32.1 Å². The number of aryl methyl sites for hydroxylation is 1. The maximum absolute atomic E-state index is 9.79. The number of aliphatic imine (C=N–C) groups is 1. The van der Waals surface area contributed by atoms with Crippen molar-refractivity contribution in [3.8, 4) is 0 Å². The van der Waals surface area contributed by atoms with Crippen LogP contribution in [-0.2, 0) is 0 Å². The zero-order chi connectivity index (χ0) is 16.7. The molecule has 0 radical (unpaired) electrons. The third kappa shape index (κ3) is 4.98. The first-order chi connectivity index (χ1) is 11.1. The summed E-state index contributed by atoms with van der Waals surface area (Å²) in [6.45, 7) is 5.29. The Balaban J connectivity index is 2.00. The highest BCUT2D eigenvalue weighted by atomic mass is 16.3. The Kier molecular flexibility index (Phi) is 6.44. The van der Waals surface area contributed by atoms with Crippen molar-refractivity contribution >= 4 is 5.84 Å². The molecule has 0 bridgehead atoms. The fourth-order valence-corrected chi connectivity index (χ4v) is 2.65. The fourth-order valence-electron chi connectivity index (χ4n) is 2.65. The number of aromatic nitrogens is 1. The molecule has 1 aliphatic heterocycles. The van der Waals surface area contributed by atoms with Gasteiger partial charge in [-0.05, 0) is 25.0 Å². The lowest BCUT2D eigenvalue weighted by molar-refractivity contribution is 0.265. The van der Waals surface area contributed by atoms with Crippen LogP contribution < -0.4 is 0 Å². The lowest BCUT2D eigenvalue weighted by Crippen LogP contribution is -2.38. The summed E-state index contributed by atoms with van der Waals surface area (Å²) in [5.41, 5.74) is 1.80. The van der Waals surface area contributed by atoms with Crippen LogP contribution in [-0.4, -0.2) is 39.0 Å². The van der Waals surface area contributed by atoms with E-state index in [4.69, 9.17) is 0 Å². The average Bonchev–Trinajstić information content (AvgIpc) is 2.54. The van der Waals surface area contributed by atoms with E-state index in [0.717, 1.165) is 24.2 Å². The molecule has 0 aliphatic carbocycles. The molecule has 0 atom stereocenters. The predicted molar refractivity (Wildman–Crippen MR) is 92.7 cm³/mol. The van der Waals surface area contributed by atoms with Gasteiger partial charge in [0.25, 0.3) is 5.88 Å². The summed E-state index contributed by atoms with van der Waals surface area (Å²) >= 11 is 0. The van der Waals surface area contributed by atoms with Gasteiger partial charge in [-0.2, -0.15) is 4.99 Å². The summed E-state index contributed by atoms with van der Waals surface area (Å²) in [7, 11) is 0. The van der Waals surface area contributed by atoms with E-state index in [2.05, 4.69) is 16.9 Å². The van der Waals surface area contributed by atoms with Crippen LogP contribution >= 0.6 is 0 Å². The van der Waals surface area contributed by atoms with Crippen LogP contribution in [0.3, 0.4) is 0 Å². The number of nitrogens with zero attached hydrogens (tertiary/aromatic N) is 3. The number of aliphatic hydroxyl groups is 2. The molecule has 0 fully saturated rings. The summed E-state index contributed by atoms with van der Waals surface area (Å²) in [6.07, 6.45) is 9.06. The number of amidine groups is 1. The maximum atomic E-state index is 9.79. The summed E-state index contributed by atoms with van der Waals surface area (Å²) in [5.74, 6) is 0.252. The molecular weight excluding hydrogens is 290 g/mol. The maximum Gasteiger partial charge on any atom is 0.253 e. The summed E-state index contributed by atoms with van der Waals surface area (Å²) in [5, 5.41) is 19.5. The number of hydrogen-bond acceptors (Lipinski definition) is 5. The molecule has 0 saturated heterocycles. The SMILES string of the molecule is CCCCCCCCN1CC(O)=C(O)N=C1c1ccc(C)cn1. The Morgan fingerprint density at radius 1 is 1.09 bits per heavy atom. The zero-order valence-corrected chi connectivity index (χ0v) is 14.1. The molecule has 1 aromatic rings. The second kappa shape index (κ2) is 8.56. The van der Waals surface area contributed by atoms with Gasteiger partial charge in [0.15, 0.2) is 11.6 Å². The minimum Gasteiger partial charge on any atom is -0.506 e. The van der Waals surface area contributed by atoms with Gasteiger partial charge in [0.05, 0.1) is 6.54 Å². The molecule has 1 aliphatic rings. The standard InChI is InChI=1S/C18H27N3O2/c1-3-4-5-6-7-8-11-21-13-16(22)18(23)20-17(21)15-10-9-14(2)12-19-15/h9-10,12,22-23H,3-8,11,13H2,1-2H3. The van der Waals surface area contributed by atoms with E-state index in [-0.39, 0.29) is 18.2 Å². The number of hydrogen-bond donors (Lipinski definition) is 2. The normalized spacial score (nSPS) is 15.0. The number of unbranched alkanes of at least 4 members (excludes halogenated alkanes) is 5. The first-order valence-corrected chi connectivity index (χ1v) is 8.49. The third-order valence-corrected chi connectivity index (χ3v) is 4.03. The van der Waals surface area contributed by atoms with Crippen molar-refractivity contribution in [1.29, 1.82) is 0 Å². The lowest BCUT2D eigenvalue weighted by Gasteiger charge is -2.28. The highest BCUT2D eigenvalue weighted by Crippen LogP contribution is 2.17. The number of pyridine rings is 1. The predicted octanol–water partition coefficient (Wildman–Crippen LogP) is 4.10. The Labute approximate surface area is 138 Å². The fraction of sp³-hybridized carbons (Fsp3) is 0.556. The van der Waals surface area contributed by atoms with Gasteiger partial charge >= 0.3 is 0 Å². The van der Waals surface area contributed by atoms with Crippen LogP contribution in [0.2, 0.25) is 0 Å². The molecule has 0 unspecified atom stereocenters. The molecule has 2 heterocycles. The topological polar surface area (TPSA) is 69.0 Å². The van der Waals surface area contributed by atoms with Crippen molar-refractivity contribution in [1.82, 2.24) is 9.88 Å². The van der Waals surface area contributed by atoms with Crippen molar-refractivity contribution in [2.24, 2.45) is 4.99 Å². The van der Waals surface area contributed by atoms with Gasteiger partial charge in [0.2, 0.25) is 0 Å². The molecule has 0 aromatic carbocycles. The molecular formula is C18H27N3O2. The van der Waals surface area contributed by atoms with E-state index in [1.54, 1.807) is 6.20 Å². The molecule has 0 saturated carbocycles. The number of rotatable bonds is 8. The largest absolute Gasteiger partial charge is 0.506 e. The van der Waals surface area contributed by atoms with Crippen molar-refractivity contribution in [2.45, 2.75) is 52.4 Å². The van der Waals surface area contributed by atoms with E-state index >= 15 is 0 Å². The quantitative estimate of drug-likeness (QED) is 0.708. The highest BCUT2D eigenvalue weighted by molar-refractivity contribution is 5.98. The molecule has 2 N–H and O–H groups in total. The average molecular weight is 317 g/mol. The van der Waals surface area contributed by atoms with Gasteiger partial charge < -0.3 is 15.1 Å². The number of aliphatic hydroxyl groups excluding tert-OH is 2. The van der Waals surface area contributed by atoms with Gasteiger partial charge in [-0.15, -0.1) is 0 Å². The minimum absolute atomic E-state index is 0.0770. The molecule has 1 aromatic heterocycles. The first-order valence-electron chi connectivity index (χ1n) is 8.49. The zero-order valence-electron chi connectivity index (χ0n) is 14.1. The van der Waals surface area contributed by atoms with Crippen molar-refractivity contribution in [3.05, 3.63) is 41.2 Å². The molecule has 23 heavy (non-hydrogen) atoms. The second-order valence-electron chi connectivity index (χ2n) is 6.12. The Bertz CT molecular complexity index is 564. The third-order valence-electron chi connectivity index (χ3n) is 4.03. The molecule has 0 amide bonds. The van der Waals surface area contributed by atoms with Gasteiger partial charge in [-0.1, -0.05) is 45.1 Å². The highest BCUT2D eigenvalue weighted by Gasteiger charge is 2.23. The monoisotopic (exact) mass is 317 g/mol. The van der Waals surface area contributed by atoms with Crippen molar-refractivity contribution in [2.75, 3.05) is 13.1 Å². The molecule has 2 rings (SSSR count). The van der Waals surface area contributed by atoms with Crippen LogP contribution in [0, 0.1) is 6.92 Å². The van der Waals surface area contributed by atoms with Crippen LogP contribution in [0.15, 0.2) is 35.0 Å². The Morgan fingerprint density at radius 3 is 2.52 bits per heavy atom. The van der Waals surface area contributed by atoms with Crippen LogP contribution in [0.4, 0.5) is 0 Å². The van der Waals surface area contributed by atoms with Gasteiger partial charge in [0, 0.05) is 12.7 Å². The second-order valence-corrected chi connectivity index (χ2v) is 6.12. The van der Waals surface area contributed by atoms with Crippen LogP contribution in [0.25, 0.3) is 0 Å². The smallest absolute Gasteiger partial charge is 0.253 e. The van der Waals surface area contributed by atoms with Crippen LogP contribution in [0.1, 0.15) is 56.7 Å². The van der Waals surface area contributed by atoms with E-state index in [9.17, 15) is 10.2 Å². The van der Waals surface area contributed by atoms with E-state index in [0.29, 0.717) is 5.84 Å². The van der Waals surface area contributed by atoms with E-state index < -0.39 is 0 Å². The van der Waals surface area contributed by atoms with Crippen molar-refractivity contribution < 1.29 is 10.2 Å². The summed E-state index contributed by atoms with van der Waals surface area (Å²) in [4.78, 5) is 10.5. The summed E-state index contributed by atoms with van der Waals surface area (Å²) < 4.78 is 0. The molecule has 0 spiro atoms. The molecule has 5 heteroatoms. The summed E-state index contributed by atoms with van der Waals surface area (Å²) in [6, 6.07) is 3.88. The molecule has 126 valence electrons. The first kappa shape index (κ1) is 17.3. The van der Waals surface area contributed by atoms with Gasteiger partial charge in [-0.3, -0.25) is 4.98 Å².